The minimum Gasteiger partial charge on any atom is -0.347 e. The lowest BCUT2D eigenvalue weighted by Gasteiger charge is -2.34. The van der Waals surface area contributed by atoms with Crippen molar-refractivity contribution in [3.63, 3.8) is 0 Å². The second kappa shape index (κ2) is 6.13. The Labute approximate surface area is 135 Å². The molecule has 23 heavy (non-hydrogen) atoms. The van der Waals surface area contributed by atoms with Crippen LogP contribution in [-0.2, 0) is 17.1 Å². The standard InChI is InChI=1S/C15H18N4O3S/c1-17-7-3-5-14(17)15(20)18-8-10-19(11-9-18)23(21,22)13-4-2-6-16-12-13/h2-7,12H,8-11H2,1H3. The van der Waals surface area contributed by atoms with Gasteiger partial charge in [0.25, 0.3) is 5.91 Å². The first-order valence-electron chi connectivity index (χ1n) is 7.31. The summed E-state index contributed by atoms with van der Waals surface area (Å²) in [5, 5.41) is 0. The third kappa shape index (κ3) is 2.99. The zero-order valence-electron chi connectivity index (χ0n) is 12.8. The van der Waals surface area contributed by atoms with Gasteiger partial charge < -0.3 is 9.47 Å². The highest BCUT2D eigenvalue weighted by atomic mass is 32.2. The molecule has 1 saturated heterocycles. The number of piperazine rings is 1. The van der Waals surface area contributed by atoms with Gasteiger partial charge in [-0.2, -0.15) is 4.31 Å². The predicted octanol–water partition coefficient (Wildman–Crippen LogP) is 0.567. The zero-order valence-corrected chi connectivity index (χ0v) is 13.6. The molecule has 3 heterocycles. The van der Waals surface area contributed by atoms with E-state index in [1.165, 1.54) is 22.8 Å². The van der Waals surface area contributed by atoms with E-state index < -0.39 is 10.0 Å². The molecule has 1 amide bonds. The summed E-state index contributed by atoms with van der Waals surface area (Å²) in [6.45, 7) is 1.33. The van der Waals surface area contributed by atoms with Crippen LogP contribution in [0, 0.1) is 0 Å². The molecule has 0 aliphatic carbocycles. The molecule has 0 radical (unpaired) electrons. The average Bonchev–Trinajstić information content (AvgIpc) is 3.01. The van der Waals surface area contributed by atoms with Crippen molar-refractivity contribution in [2.24, 2.45) is 7.05 Å². The smallest absolute Gasteiger partial charge is 0.270 e. The molecule has 0 N–H and O–H groups in total. The monoisotopic (exact) mass is 334 g/mol. The topological polar surface area (TPSA) is 75.5 Å². The Bertz CT molecular complexity index is 793. The Morgan fingerprint density at radius 1 is 1.13 bits per heavy atom. The van der Waals surface area contributed by atoms with Crippen LogP contribution in [-0.4, -0.2) is 59.3 Å². The number of aryl methyl sites for hydroxylation is 1. The molecule has 1 aliphatic rings. The fraction of sp³-hybridized carbons (Fsp3) is 0.333. The number of rotatable bonds is 3. The second-order valence-corrected chi connectivity index (χ2v) is 7.33. The molecule has 0 saturated carbocycles. The number of sulfonamides is 1. The Morgan fingerprint density at radius 3 is 2.43 bits per heavy atom. The number of hydrogen-bond acceptors (Lipinski definition) is 4. The van der Waals surface area contributed by atoms with Crippen molar-refractivity contribution in [1.29, 1.82) is 0 Å². The fourth-order valence-corrected chi connectivity index (χ4v) is 4.01. The maximum absolute atomic E-state index is 12.5. The van der Waals surface area contributed by atoms with Crippen molar-refractivity contribution in [3.05, 3.63) is 48.5 Å². The zero-order chi connectivity index (χ0) is 16.4. The molecule has 1 fully saturated rings. The van der Waals surface area contributed by atoms with E-state index in [2.05, 4.69) is 4.98 Å². The molecule has 0 bridgehead atoms. The van der Waals surface area contributed by atoms with Crippen LogP contribution in [0.3, 0.4) is 0 Å². The van der Waals surface area contributed by atoms with Gasteiger partial charge >= 0.3 is 0 Å². The van der Waals surface area contributed by atoms with Crippen LogP contribution >= 0.6 is 0 Å². The summed E-state index contributed by atoms with van der Waals surface area (Å²) in [5.74, 6) is -0.0732. The molecule has 0 atom stereocenters. The van der Waals surface area contributed by atoms with E-state index in [9.17, 15) is 13.2 Å². The number of carbonyl (C=O) groups excluding carboxylic acids is 1. The van der Waals surface area contributed by atoms with Crippen LogP contribution in [0.25, 0.3) is 0 Å². The predicted molar refractivity (Wildman–Crippen MR) is 84.3 cm³/mol. The van der Waals surface area contributed by atoms with Crippen LogP contribution < -0.4 is 0 Å². The van der Waals surface area contributed by atoms with Gasteiger partial charge in [-0.15, -0.1) is 0 Å². The molecule has 8 heteroatoms. The first-order valence-corrected chi connectivity index (χ1v) is 8.75. The molecule has 0 spiro atoms. The Morgan fingerprint density at radius 2 is 1.87 bits per heavy atom. The Hall–Kier alpha value is -2.19. The van der Waals surface area contributed by atoms with Crippen molar-refractivity contribution >= 4 is 15.9 Å². The summed E-state index contributed by atoms with van der Waals surface area (Å²) in [6, 6.07) is 6.71. The molecule has 2 aromatic rings. The van der Waals surface area contributed by atoms with Crippen molar-refractivity contribution < 1.29 is 13.2 Å². The summed E-state index contributed by atoms with van der Waals surface area (Å²) in [5.41, 5.74) is 0.605. The van der Waals surface area contributed by atoms with Crippen LogP contribution in [0.15, 0.2) is 47.8 Å². The van der Waals surface area contributed by atoms with E-state index in [1.807, 2.05) is 19.3 Å². The number of pyridine rings is 1. The highest BCUT2D eigenvalue weighted by molar-refractivity contribution is 7.89. The highest BCUT2D eigenvalue weighted by Crippen LogP contribution is 2.17. The highest BCUT2D eigenvalue weighted by Gasteiger charge is 2.30. The number of nitrogens with zero attached hydrogens (tertiary/aromatic N) is 4. The van der Waals surface area contributed by atoms with Crippen molar-refractivity contribution in [2.75, 3.05) is 26.2 Å². The molecular weight excluding hydrogens is 316 g/mol. The van der Waals surface area contributed by atoms with E-state index in [4.69, 9.17) is 0 Å². The quantitative estimate of drug-likeness (QED) is 0.822. The maximum Gasteiger partial charge on any atom is 0.270 e. The molecule has 0 aromatic carbocycles. The summed E-state index contributed by atoms with van der Waals surface area (Å²) >= 11 is 0. The molecular formula is C15H18N4O3S. The van der Waals surface area contributed by atoms with Gasteiger partial charge in [0, 0.05) is 51.8 Å². The summed E-state index contributed by atoms with van der Waals surface area (Å²) in [4.78, 5) is 18.2. The van der Waals surface area contributed by atoms with E-state index in [1.54, 1.807) is 21.6 Å². The van der Waals surface area contributed by atoms with E-state index in [0.717, 1.165) is 0 Å². The molecule has 1 aliphatic heterocycles. The number of amides is 1. The third-order valence-corrected chi connectivity index (χ3v) is 5.84. The summed E-state index contributed by atoms with van der Waals surface area (Å²) < 4.78 is 28.2. The van der Waals surface area contributed by atoms with Gasteiger partial charge in [-0.05, 0) is 24.3 Å². The molecule has 3 rings (SSSR count). The van der Waals surface area contributed by atoms with Crippen molar-refractivity contribution in [3.8, 4) is 0 Å². The van der Waals surface area contributed by atoms with Crippen LogP contribution in [0.2, 0.25) is 0 Å². The first-order chi connectivity index (χ1) is 11.0. The SMILES string of the molecule is Cn1cccc1C(=O)N1CCN(S(=O)(=O)c2cccnc2)CC1. The Kier molecular flexibility index (Phi) is 4.18. The van der Waals surface area contributed by atoms with Gasteiger partial charge in [-0.3, -0.25) is 9.78 Å². The lowest BCUT2D eigenvalue weighted by molar-refractivity contribution is 0.0688. The summed E-state index contributed by atoms with van der Waals surface area (Å²) in [6.07, 6.45) is 4.70. The van der Waals surface area contributed by atoms with Crippen molar-refractivity contribution in [2.45, 2.75) is 4.90 Å². The molecule has 0 unspecified atom stereocenters. The molecule has 7 nitrogen and oxygen atoms in total. The van der Waals surface area contributed by atoms with Gasteiger partial charge in [0.05, 0.1) is 0 Å². The molecule has 122 valence electrons. The van der Waals surface area contributed by atoms with Crippen LogP contribution in [0.1, 0.15) is 10.5 Å². The largest absolute Gasteiger partial charge is 0.347 e. The molecule has 2 aromatic heterocycles. The lowest BCUT2D eigenvalue weighted by atomic mass is 10.3. The van der Waals surface area contributed by atoms with E-state index in [-0.39, 0.29) is 23.9 Å². The van der Waals surface area contributed by atoms with Gasteiger partial charge in [0.1, 0.15) is 10.6 Å². The second-order valence-electron chi connectivity index (χ2n) is 5.39. The average molecular weight is 334 g/mol. The Balaban J connectivity index is 1.69. The van der Waals surface area contributed by atoms with Gasteiger partial charge in [-0.25, -0.2) is 8.42 Å². The lowest BCUT2D eigenvalue weighted by Crippen LogP contribution is -2.50. The van der Waals surface area contributed by atoms with Gasteiger partial charge in [0.15, 0.2) is 0 Å². The number of hydrogen-bond donors (Lipinski definition) is 0. The first kappa shape index (κ1) is 15.7. The van der Waals surface area contributed by atoms with E-state index in [0.29, 0.717) is 18.8 Å². The van der Waals surface area contributed by atoms with Crippen molar-refractivity contribution in [1.82, 2.24) is 18.8 Å². The number of aromatic nitrogens is 2. The van der Waals surface area contributed by atoms with Gasteiger partial charge in [-0.1, -0.05) is 0 Å². The van der Waals surface area contributed by atoms with Crippen LogP contribution in [0.5, 0.6) is 0 Å². The third-order valence-electron chi connectivity index (χ3n) is 3.96. The van der Waals surface area contributed by atoms with E-state index >= 15 is 0 Å². The summed E-state index contributed by atoms with van der Waals surface area (Å²) in [7, 11) is -1.73. The normalized spacial score (nSPS) is 16.5. The van der Waals surface area contributed by atoms with Crippen LogP contribution in [0.4, 0.5) is 0 Å². The van der Waals surface area contributed by atoms with Gasteiger partial charge in [0.2, 0.25) is 10.0 Å². The fourth-order valence-electron chi connectivity index (χ4n) is 2.63. The minimum atomic E-state index is -3.55. The maximum atomic E-state index is 12.5. The minimum absolute atomic E-state index is 0.0732. The number of carbonyl (C=O) groups is 1.